The first-order valence-corrected chi connectivity index (χ1v) is 14.4. The van der Waals surface area contributed by atoms with Crippen LogP contribution in [-0.4, -0.2) is 0 Å². The Balaban J connectivity index is 1.55. The quantitative estimate of drug-likeness (QED) is 0.211. The molecule has 0 saturated heterocycles. The number of aryl methyl sites for hydroxylation is 2. The van der Waals surface area contributed by atoms with Crippen LogP contribution in [-0.2, 0) is 6.42 Å². The van der Waals surface area contributed by atoms with Crippen LogP contribution in [0.15, 0.2) is 104 Å². The van der Waals surface area contributed by atoms with Crippen LogP contribution in [0.2, 0.25) is 0 Å². The smallest absolute Gasteiger partial charge is 0.192 e. The molecule has 0 spiro atoms. The summed E-state index contributed by atoms with van der Waals surface area (Å²) in [6.45, 7) is 6.79. The van der Waals surface area contributed by atoms with E-state index in [2.05, 4.69) is 107 Å². The highest BCUT2D eigenvalue weighted by atomic mass is 15.1. The highest BCUT2D eigenvalue weighted by Gasteiger charge is 2.49. The lowest BCUT2D eigenvalue weighted by molar-refractivity contribution is -0.727. The van der Waals surface area contributed by atoms with Crippen molar-refractivity contribution in [1.82, 2.24) is 0 Å². The van der Waals surface area contributed by atoms with E-state index in [1.165, 1.54) is 5.56 Å². The van der Waals surface area contributed by atoms with Crippen molar-refractivity contribution in [3.8, 4) is 51.8 Å². The van der Waals surface area contributed by atoms with E-state index >= 15 is 0 Å². The summed E-state index contributed by atoms with van der Waals surface area (Å²) in [5, 5.41) is 30.6. The Bertz CT molecular complexity index is 2100. The molecule has 5 nitrogen and oxygen atoms in total. The SMILES string of the molecule is C=C1C2C(CCc3ccccc3-c3cc(-c4ccccc4)cc[n+]31)c1c(C#N)cc(C#N)c(C#N)c1-c1ccc(C)c[n+]12. The van der Waals surface area contributed by atoms with Crippen LogP contribution in [0.3, 0.4) is 0 Å². The molecule has 2 aliphatic heterocycles. The zero-order valence-electron chi connectivity index (χ0n) is 23.7. The van der Waals surface area contributed by atoms with Crippen molar-refractivity contribution in [2.75, 3.05) is 0 Å². The standard InChI is InChI=1S/C38H27N5/c1-24-12-15-34-37-33(22-41)29(20-39)18-30(21-40)36(37)32-14-13-27-10-6-7-11-31(27)35-19-28(26-8-4-3-5-9-26)16-17-42(35)25(2)38(32)43(34)23-24/h3-12,15-19,23,32,38H,2,13-14H2,1H3/q+2. The average molecular weight is 554 g/mol. The van der Waals surface area contributed by atoms with E-state index in [9.17, 15) is 15.8 Å². The molecule has 0 N–H and O–H groups in total. The molecule has 202 valence electrons. The zero-order chi connectivity index (χ0) is 29.7. The predicted molar refractivity (Wildman–Crippen MR) is 164 cm³/mol. The number of pyridine rings is 2. The predicted octanol–water partition coefficient (Wildman–Crippen LogP) is 6.94. The molecule has 2 aliphatic rings. The first-order chi connectivity index (χ1) is 21.0. The van der Waals surface area contributed by atoms with Gasteiger partial charge in [0.05, 0.1) is 34.2 Å². The second-order valence-electron chi connectivity index (χ2n) is 11.2. The van der Waals surface area contributed by atoms with Gasteiger partial charge in [-0.05, 0) is 66.8 Å². The molecular weight excluding hydrogens is 526 g/mol. The summed E-state index contributed by atoms with van der Waals surface area (Å²) < 4.78 is 4.41. The van der Waals surface area contributed by atoms with Crippen LogP contribution in [0.4, 0.5) is 0 Å². The normalized spacial score (nSPS) is 16.3. The fourth-order valence-electron chi connectivity index (χ4n) is 6.97. The van der Waals surface area contributed by atoms with E-state index < -0.39 is 0 Å². The Kier molecular flexibility index (Phi) is 6.20. The fraction of sp³-hybridized carbons (Fsp3) is 0.132. The van der Waals surface area contributed by atoms with E-state index in [0.29, 0.717) is 16.7 Å². The van der Waals surface area contributed by atoms with Crippen molar-refractivity contribution in [2.45, 2.75) is 31.7 Å². The Morgan fingerprint density at radius 3 is 2.33 bits per heavy atom. The number of allylic oxidation sites excluding steroid dienone is 1. The van der Waals surface area contributed by atoms with Crippen LogP contribution in [0.25, 0.3) is 39.3 Å². The summed E-state index contributed by atoms with van der Waals surface area (Å²) in [6, 6.07) is 35.5. The van der Waals surface area contributed by atoms with Crippen molar-refractivity contribution in [3.05, 3.63) is 137 Å². The molecule has 0 amide bonds. The van der Waals surface area contributed by atoms with Crippen molar-refractivity contribution < 1.29 is 9.13 Å². The molecule has 2 aromatic heterocycles. The van der Waals surface area contributed by atoms with Crippen LogP contribution in [0, 0.1) is 40.9 Å². The number of fused-ring (bicyclic) bond motifs is 9. The van der Waals surface area contributed by atoms with Crippen molar-refractivity contribution >= 4 is 5.70 Å². The van der Waals surface area contributed by atoms with Crippen LogP contribution >= 0.6 is 0 Å². The van der Waals surface area contributed by atoms with Gasteiger partial charge >= 0.3 is 0 Å². The van der Waals surface area contributed by atoms with Gasteiger partial charge in [-0.25, -0.2) is 0 Å². The number of nitrogens with zero attached hydrogens (tertiary/aromatic N) is 5. The zero-order valence-corrected chi connectivity index (χ0v) is 23.7. The number of nitriles is 3. The molecule has 0 radical (unpaired) electrons. The van der Waals surface area contributed by atoms with Crippen molar-refractivity contribution in [3.63, 3.8) is 0 Å². The third-order valence-corrected chi connectivity index (χ3v) is 8.88. The minimum atomic E-state index is -0.227. The van der Waals surface area contributed by atoms with E-state index in [1.807, 2.05) is 18.2 Å². The van der Waals surface area contributed by atoms with Gasteiger partial charge in [0.1, 0.15) is 12.1 Å². The third-order valence-electron chi connectivity index (χ3n) is 8.88. The summed E-state index contributed by atoms with van der Waals surface area (Å²) in [5.74, 6) is -0.156. The van der Waals surface area contributed by atoms with Gasteiger partial charge in [0.15, 0.2) is 12.4 Å². The van der Waals surface area contributed by atoms with Gasteiger partial charge in [-0.15, -0.1) is 0 Å². The first-order valence-electron chi connectivity index (χ1n) is 14.4. The number of hydrogen-bond donors (Lipinski definition) is 0. The lowest BCUT2D eigenvalue weighted by atomic mass is 9.74. The summed E-state index contributed by atoms with van der Waals surface area (Å²) in [7, 11) is 0. The van der Waals surface area contributed by atoms with Gasteiger partial charge < -0.3 is 0 Å². The molecule has 5 aromatic rings. The molecule has 4 heterocycles. The number of hydrogen-bond acceptors (Lipinski definition) is 3. The highest BCUT2D eigenvalue weighted by molar-refractivity contribution is 5.79. The summed E-state index contributed by atoms with van der Waals surface area (Å²) in [5.41, 5.74) is 10.9. The topological polar surface area (TPSA) is 79.1 Å². The van der Waals surface area contributed by atoms with Crippen LogP contribution < -0.4 is 9.13 Å². The molecule has 0 aliphatic carbocycles. The van der Waals surface area contributed by atoms with Gasteiger partial charge in [-0.3, -0.25) is 0 Å². The highest BCUT2D eigenvalue weighted by Crippen LogP contribution is 2.48. The van der Waals surface area contributed by atoms with E-state index in [-0.39, 0.29) is 17.5 Å². The second-order valence-corrected chi connectivity index (χ2v) is 11.2. The first kappa shape index (κ1) is 26.1. The van der Waals surface area contributed by atoms with E-state index in [4.69, 9.17) is 6.58 Å². The fourth-order valence-corrected chi connectivity index (χ4v) is 6.97. The second kappa shape index (κ2) is 10.2. The molecule has 0 saturated carbocycles. The van der Waals surface area contributed by atoms with Crippen LogP contribution in [0.1, 0.15) is 51.8 Å². The number of rotatable bonds is 1. The lowest BCUT2D eigenvalue weighted by Gasteiger charge is -2.31. The molecule has 3 aromatic carbocycles. The molecular formula is C38H27N5+2. The Hall–Kier alpha value is -5.83. The summed E-state index contributed by atoms with van der Waals surface area (Å²) in [4.78, 5) is 0. The maximum Gasteiger partial charge on any atom is 0.249 e. The largest absolute Gasteiger partial charge is 0.249 e. The minimum absolute atomic E-state index is 0.156. The van der Waals surface area contributed by atoms with Crippen molar-refractivity contribution in [1.29, 1.82) is 15.8 Å². The van der Waals surface area contributed by atoms with Crippen molar-refractivity contribution in [2.24, 2.45) is 0 Å². The average Bonchev–Trinajstić information content (AvgIpc) is 3.10. The van der Waals surface area contributed by atoms with Gasteiger partial charge in [0, 0.05) is 29.3 Å². The van der Waals surface area contributed by atoms with Gasteiger partial charge in [-0.1, -0.05) is 48.5 Å². The minimum Gasteiger partial charge on any atom is -0.192 e. The maximum atomic E-state index is 10.4. The monoisotopic (exact) mass is 553 g/mol. The molecule has 2 atom stereocenters. The Labute approximate surface area is 251 Å². The Morgan fingerprint density at radius 2 is 1.56 bits per heavy atom. The van der Waals surface area contributed by atoms with Crippen LogP contribution in [0.5, 0.6) is 0 Å². The van der Waals surface area contributed by atoms with E-state index in [1.54, 1.807) is 6.07 Å². The van der Waals surface area contributed by atoms with Gasteiger partial charge in [0.2, 0.25) is 23.1 Å². The maximum absolute atomic E-state index is 10.4. The molecule has 0 bridgehead atoms. The molecule has 5 heteroatoms. The summed E-state index contributed by atoms with van der Waals surface area (Å²) >= 11 is 0. The number of benzene rings is 3. The molecule has 7 rings (SSSR count). The molecule has 2 unspecified atom stereocenters. The Morgan fingerprint density at radius 1 is 0.791 bits per heavy atom. The third kappa shape index (κ3) is 4.05. The van der Waals surface area contributed by atoms with Gasteiger partial charge in [0.25, 0.3) is 0 Å². The van der Waals surface area contributed by atoms with Gasteiger partial charge in [-0.2, -0.15) is 24.9 Å². The molecule has 43 heavy (non-hydrogen) atoms. The lowest BCUT2D eigenvalue weighted by Crippen LogP contribution is -2.53. The molecule has 0 fully saturated rings. The number of aromatic nitrogens is 2. The summed E-state index contributed by atoms with van der Waals surface area (Å²) in [6.07, 6.45) is 5.72. The van der Waals surface area contributed by atoms with E-state index in [0.717, 1.165) is 57.7 Å².